The van der Waals surface area contributed by atoms with Crippen molar-refractivity contribution in [2.24, 2.45) is 0 Å². The molecule has 0 radical (unpaired) electrons. The highest BCUT2D eigenvalue weighted by atomic mass is 32.2. The molecular weight excluding hydrogens is 285 g/mol. The molecule has 5 nitrogen and oxygen atoms in total. The number of benzene rings is 1. The predicted octanol–water partition coefficient (Wildman–Crippen LogP) is 0.986. The molecule has 1 saturated heterocycles. The molecule has 1 aromatic rings. The first-order valence-electron chi connectivity index (χ1n) is 6.29. The summed E-state index contributed by atoms with van der Waals surface area (Å²) in [6.45, 7) is 3.31. The quantitative estimate of drug-likeness (QED) is 0.904. The summed E-state index contributed by atoms with van der Waals surface area (Å²) >= 11 is 0. The fourth-order valence-corrected chi connectivity index (χ4v) is 4.00. The zero-order valence-electron chi connectivity index (χ0n) is 11.4. The SMILES string of the molecule is CC1(C)CN(S(=O)(=O)c2ccccc2F)CC(CO)O1. The van der Waals surface area contributed by atoms with E-state index < -0.39 is 27.5 Å². The van der Waals surface area contributed by atoms with Gasteiger partial charge in [0.1, 0.15) is 10.7 Å². The Labute approximate surface area is 118 Å². The van der Waals surface area contributed by atoms with E-state index in [2.05, 4.69) is 0 Å². The lowest BCUT2D eigenvalue weighted by Crippen LogP contribution is -2.55. The Morgan fingerprint density at radius 2 is 2.10 bits per heavy atom. The predicted molar refractivity (Wildman–Crippen MR) is 71.2 cm³/mol. The van der Waals surface area contributed by atoms with Crippen molar-refractivity contribution < 1.29 is 22.7 Å². The monoisotopic (exact) mass is 303 g/mol. The van der Waals surface area contributed by atoms with Gasteiger partial charge < -0.3 is 9.84 Å². The minimum Gasteiger partial charge on any atom is -0.394 e. The molecule has 0 bridgehead atoms. The number of nitrogens with zero attached hydrogens (tertiary/aromatic N) is 1. The molecule has 1 atom stereocenters. The maximum Gasteiger partial charge on any atom is 0.246 e. The maximum absolute atomic E-state index is 13.7. The summed E-state index contributed by atoms with van der Waals surface area (Å²) in [4.78, 5) is -0.352. The van der Waals surface area contributed by atoms with Crippen molar-refractivity contribution in [3.05, 3.63) is 30.1 Å². The Hall–Kier alpha value is -1.02. The van der Waals surface area contributed by atoms with Crippen molar-refractivity contribution in [2.75, 3.05) is 19.7 Å². The number of halogens is 1. The van der Waals surface area contributed by atoms with Crippen LogP contribution in [0.25, 0.3) is 0 Å². The van der Waals surface area contributed by atoms with Crippen LogP contribution in [0.1, 0.15) is 13.8 Å². The number of aliphatic hydroxyl groups is 1. The molecule has 1 N–H and O–H groups in total. The normalized spacial score (nSPS) is 23.7. The summed E-state index contributed by atoms with van der Waals surface area (Å²) in [6.07, 6.45) is -0.611. The largest absolute Gasteiger partial charge is 0.394 e. The molecule has 112 valence electrons. The minimum absolute atomic E-state index is 0.0105. The summed E-state index contributed by atoms with van der Waals surface area (Å²) < 4.78 is 45.5. The zero-order chi connectivity index (χ0) is 15.0. The van der Waals surface area contributed by atoms with Crippen LogP contribution in [0, 0.1) is 5.82 Å². The maximum atomic E-state index is 13.7. The highest BCUT2D eigenvalue weighted by molar-refractivity contribution is 7.89. The second-order valence-corrected chi connectivity index (χ2v) is 7.32. The Balaban J connectivity index is 2.36. The van der Waals surface area contributed by atoms with Crippen molar-refractivity contribution >= 4 is 10.0 Å². The van der Waals surface area contributed by atoms with Gasteiger partial charge >= 0.3 is 0 Å². The molecule has 1 heterocycles. The number of ether oxygens (including phenoxy) is 1. The average molecular weight is 303 g/mol. The van der Waals surface area contributed by atoms with Crippen molar-refractivity contribution in [2.45, 2.75) is 30.4 Å². The Bertz CT molecular complexity index is 588. The van der Waals surface area contributed by atoms with E-state index in [0.29, 0.717) is 0 Å². The van der Waals surface area contributed by atoms with Crippen LogP contribution in [-0.2, 0) is 14.8 Å². The summed E-state index contributed by atoms with van der Waals surface area (Å²) in [7, 11) is -3.94. The number of hydrogen-bond acceptors (Lipinski definition) is 4. The molecule has 1 fully saturated rings. The summed E-state index contributed by atoms with van der Waals surface area (Å²) in [5.41, 5.74) is -0.732. The van der Waals surface area contributed by atoms with E-state index in [0.717, 1.165) is 10.4 Å². The second kappa shape index (κ2) is 5.40. The zero-order valence-corrected chi connectivity index (χ0v) is 12.2. The van der Waals surface area contributed by atoms with Crippen LogP contribution in [0.4, 0.5) is 4.39 Å². The van der Waals surface area contributed by atoms with Crippen LogP contribution >= 0.6 is 0 Å². The third-order valence-electron chi connectivity index (χ3n) is 3.11. The van der Waals surface area contributed by atoms with Crippen LogP contribution in [0.15, 0.2) is 29.2 Å². The van der Waals surface area contributed by atoms with Crippen molar-refractivity contribution in [3.63, 3.8) is 0 Å². The van der Waals surface area contributed by atoms with E-state index in [1.807, 2.05) is 0 Å². The van der Waals surface area contributed by atoms with Gasteiger partial charge in [-0.1, -0.05) is 12.1 Å². The third-order valence-corrected chi connectivity index (χ3v) is 4.95. The third kappa shape index (κ3) is 3.01. The lowest BCUT2D eigenvalue weighted by atomic mass is 10.1. The summed E-state index contributed by atoms with van der Waals surface area (Å²) in [5.74, 6) is -0.780. The first-order chi connectivity index (χ1) is 9.26. The van der Waals surface area contributed by atoms with Gasteiger partial charge in [0.15, 0.2) is 0 Å². The average Bonchev–Trinajstić information content (AvgIpc) is 2.37. The summed E-state index contributed by atoms with van der Waals surface area (Å²) in [6, 6.07) is 5.27. The molecule has 0 amide bonds. The molecule has 0 aliphatic carbocycles. The van der Waals surface area contributed by atoms with Gasteiger partial charge in [0, 0.05) is 13.1 Å². The second-order valence-electron chi connectivity index (χ2n) is 5.41. The van der Waals surface area contributed by atoms with Crippen LogP contribution in [0.2, 0.25) is 0 Å². The molecule has 1 aliphatic rings. The summed E-state index contributed by atoms with van der Waals surface area (Å²) in [5, 5.41) is 9.21. The molecule has 0 spiro atoms. The van der Waals surface area contributed by atoms with Crippen LogP contribution < -0.4 is 0 Å². The molecule has 0 saturated carbocycles. The van der Waals surface area contributed by atoms with Crippen molar-refractivity contribution in [1.29, 1.82) is 0 Å². The molecule has 0 aromatic heterocycles. The number of rotatable bonds is 3. The fraction of sp³-hybridized carbons (Fsp3) is 0.538. The number of aliphatic hydroxyl groups excluding tert-OH is 1. The number of morpholine rings is 1. The van der Waals surface area contributed by atoms with Crippen molar-refractivity contribution in [1.82, 2.24) is 4.31 Å². The Morgan fingerprint density at radius 1 is 1.45 bits per heavy atom. The molecule has 1 aliphatic heterocycles. The fourth-order valence-electron chi connectivity index (χ4n) is 2.31. The molecular formula is C13H18FNO4S. The van der Waals surface area contributed by atoms with E-state index in [9.17, 15) is 17.9 Å². The first kappa shape index (κ1) is 15.4. The van der Waals surface area contributed by atoms with Crippen molar-refractivity contribution in [3.8, 4) is 0 Å². The molecule has 2 rings (SSSR count). The number of hydrogen-bond donors (Lipinski definition) is 1. The van der Waals surface area contributed by atoms with E-state index >= 15 is 0 Å². The van der Waals surface area contributed by atoms with E-state index in [1.165, 1.54) is 18.2 Å². The van der Waals surface area contributed by atoms with Gasteiger partial charge in [0.2, 0.25) is 10.0 Å². The molecule has 7 heteroatoms. The highest BCUT2D eigenvalue weighted by Gasteiger charge is 2.39. The van der Waals surface area contributed by atoms with Gasteiger partial charge in [-0.05, 0) is 26.0 Å². The van der Waals surface area contributed by atoms with Gasteiger partial charge in [-0.3, -0.25) is 0 Å². The number of sulfonamides is 1. The van der Waals surface area contributed by atoms with Gasteiger partial charge in [0.25, 0.3) is 0 Å². The molecule has 1 aromatic carbocycles. The van der Waals surface area contributed by atoms with Gasteiger partial charge in [-0.15, -0.1) is 0 Å². The van der Waals surface area contributed by atoms with Crippen LogP contribution in [0.3, 0.4) is 0 Å². The van der Waals surface area contributed by atoms with Gasteiger partial charge in [-0.2, -0.15) is 4.31 Å². The standard InChI is InChI=1S/C13H18FNO4S/c1-13(2)9-15(7-10(8-16)19-13)20(17,18)12-6-4-3-5-11(12)14/h3-6,10,16H,7-9H2,1-2H3. The smallest absolute Gasteiger partial charge is 0.246 e. The van der Waals surface area contributed by atoms with E-state index in [1.54, 1.807) is 13.8 Å². The van der Waals surface area contributed by atoms with Gasteiger partial charge in [-0.25, -0.2) is 12.8 Å². The Morgan fingerprint density at radius 3 is 2.70 bits per heavy atom. The van der Waals surface area contributed by atoms with Crippen LogP contribution in [-0.4, -0.2) is 49.2 Å². The lowest BCUT2D eigenvalue weighted by molar-refractivity contribution is -0.131. The lowest BCUT2D eigenvalue weighted by Gasteiger charge is -2.41. The molecule has 1 unspecified atom stereocenters. The topological polar surface area (TPSA) is 66.8 Å². The van der Waals surface area contributed by atoms with Crippen LogP contribution in [0.5, 0.6) is 0 Å². The first-order valence-corrected chi connectivity index (χ1v) is 7.73. The minimum atomic E-state index is -3.94. The molecule has 20 heavy (non-hydrogen) atoms. The van der Waals surface area contributed by atoms with E-state index in [-0.39, 0.29) is 24.6 Å². The highest BCUT2D eigenvalue weighted by Crippen LogP contribution is 2.27. The van der Waals surface area contributed by atoms with Gasteiger partial charge in [0.05, 0.1) is 18.3 Å². The van der Waals surface area contributed by atoms with E-state index in [4.69, 9.17) is 4.74 Å². The Kier molecular flexibility index (Phi) is 4.15.